The summed E-state index contributed by atoms with van der Waals surface area (Å²) in [4.78, 5) is 2.27. The molecular formula is C16H16N2O. The van der Waals surface area contributed by atoms with Crippen molar-refractivity contribution in [3.63, 3.8) is 0 Å². The molecule has 2 aromatic carbocycles. The average molecular weight is 252 g/mol. The van der Waals surface area contributed by atoms with Crippen LogP contribution in [0.1, 0.15) is 18.4 Å². The van der Waals surface area contributed by atoms with Gasteiger partial charge in [-0.05, 0) is 25.0 Å². The summed E-state index contributed by atoms with van der Waals surface area (Å²) >= 11 is 0. The number of nitrogens with zero attached hydrogens (tertiary/aromatic N) is 2. The maximum absolute atomic E-state index is 9.48. The van der Waals surface area contributed by atoms with Gasteiger partial charge in [0.15, 0.2) is 0 Å². The molecule has 1 atom stereocenters. The number of nitriles is 1. The summed E-state index contributed by atoms with van der Waals surface area (Å²) in [6, 6.07) is 14.3. The predicted octanol–water partition coefficient (Wildman–Crippen LogP) is 2.67. The molecule has 1 aliphatic rings. The smallest absolute Gasteiger partial charge is 0.0998 e. The van der Waals surface area contributed by atoms with E-state index in [0.29, 0.717) is 5.56 Å². The molecule has 3 nitrogen and oxygen atoms in total. The van der Waals surface area contributed by atoms with Crippen molar-refractivity contribution in [3.8, 4) is 6.07 Å². The lowest BCUT2D eigenvalue weighted by atomic mass is 10.0. The zero-order chi connectivity index (χ0) is 13.2. The van der Waals surface area contributed by atoms with Crippen molar-refractivity contribution in [2.45, 2.75) is 18.9 Å². The number of aliphatic hydroxyl groups is 1. The fourth-order valence-electron chi connectivity index (χ4n) is 2.97. The van der Waals surface area contributed by atoms with Gasteiger partial charge in [-0.1, -0.05) is 24.3 Å². The fourth-order valence-corrected chi connectivity index (χ4v) is 2.97. The molecule has 0 bridgehead atoms. The summed E-state index contributed by atoms with van der Waals surface area (Å²) in [7, 11) is 0. The van der Waals surface area contributed by atoms with Gasteiger partial charge in [0.2, 0.25) is 0 Å². The molecule has 0 radical (unpaired) electrons. The van der Waals surface area contributed by atoms with Gasteiger partial charge in [-0.3, -0.25) is 0 Å². The van der Waals surface area contributed by atoms with Crippen molar-refractivity contribution >= 4 is 16.5 Å². The maximum atomic E-state index is 9.48. The van der Waals surface area contributed by atoms with Crippen LogP contribution in [0, 0.1) is 11.3 Å². The molecule has 0 saturated carbocycles. The SMILES string of the molecule is N#Cc1ccc(N2CCC[C@@H]2CO)c2ccccc12. The highest BCUT2D eigenvalue weighted by atomic mass is 16.3. The van der Waals surface area contributed by atoms with Crippen LogP contribution < -0.4 is 4.90 Å². The third-order valence-corrected chi connectivity index (χ3v) is 3.92. The highest BCUT2D eigenvalue weighted by Gasteiger charge is 2.25. The van der Waals surface area contributed by atoms with Gasteiger partial charge in [-0.25, -0.2) is 0 Å². The lowest BCUT2D eigenvalue weighted by Crippen LogP contribution is -2.32. The molecule has 96 valence electrons. The Morgan fingerprint density at radius 3 is 2.74 bits per heavy atom. The molecule has 0 aromatic heterocycles. The van der Waals surface area contributed by atoms with Crippen LogP contribution in [0.2, 0.25) is 0 Å². The number of hydrogen-bond acceptors (Lipinski definition) is 3. The first-order valence-electron chi connectivity index (χ1n) is 6.64. The van der Waals surface area contributed by atoms with Gasteiger partial charge >= 0.3 is 0 Å². The Kier molecular flexibility index (Phi) is 3.10. The lowest BCUT2D eigenvalue weighted by molar-refractivity contribution is 0.266. The van der Waals surface area contributed by atoms with E-state index in [4.69, 9.17) is 0 Å². The zero-order valence-corrected chi connectivity index (χ0v) is 10.7. The first-order valence-corrected chi connectivity index (χ1v) is 6.64. The molecule has 1 heterocycles. The highest BCUT2D eigenvalue weighted by Crippen LogP contribution is 2.33. The Morgan fingerprint density at radius 1 is 1.21 bits per heavy atom. The Balaban J connectivity index is 2.17. The van der Waals surface area contributed by atoms with E-state index in [1.54, 1.807) is 0 Å². The van der Waals surface area contributed by atoms with Crippen molar-refractivity contribution in [3.05, 3.63) is 42.0 Å². The molecule has 1 N–H and O–H groups in total. The Bertz CT molecular complexity index is 645. The second-order valence-corrected chi connectivity index (χ2v) is 4.96. The molecule has 1 fully saturated rings. The standard InChI is InChI=1S/C16H16N2O/c17-10-12-7-8-16(15-6-2-1-5-14(12)15)18-9-3-4-13(18)11-19/h1-2,5-8,13,19H,3-4,9,11H2/t13-/m1/s1. The third-order valence-electron chi connectivity index (χ3n) is 3.92. The van der Waals surface area contributed by atoms with E-state index >= 15 is 0 Å². The Morgan fingerprint density at radius 2 is 2.00 bits per heavy atom. The number of aliphatic hydroxyl groups excluding tert-OH is 1. The predicted molar refractivity (Wildman–Crippen MR) is 76.1 cm³/mol. The zero-order valence-electron chi connectivity index (χ0n) is 10.7. The minimum absolute atomic E-state index is 0.189. The van der Waals surface area contributed by atoms with E-state index in [1.807, 2.05) is 30.3 Å². The van der Waals surface area contributed by atoms with Crippen LogP contribution in [0.5, 0.6) is 0 Å². The summed E-state index contributed by atoms with van der Waals surface area (Å²) < 4.78 is 0. The lowest BCUT2D eigenvalue weighted by Gasteiger charge is -2.26. The summed E-state index contributed by atoms with van der Waals surface area (Å²) in [5.74, 6) is 0. The third kappa shape index (κ3) is 1.94. The van der Waals surface area contributed by atoms with Gasteiger partial charge in [0.25, 0.3) is 0 Å². The van der Waals surface area contributed by atoms with Crippen molar-refractivity contribution in [2.75, 3.05) is 18.1 Å². The average Bonchev–Trinajstić information content (AvgIpc) is 2.94. The number of fused-ring (bicyclic) bond motifs is 1. The molecule has 0 amide bonds. The van der Waals surface area contributed by atoms with E-state index in [1.165, 1.54) is 0 Å². The van der Waals surface area contributed by atoms with Crippen LogP contribution in [0.25, 0.3) is 10.8 Å². The van der Waals surface area contributed by atoms with Crippen molar-refractivity contribution in [1.82, 2.24) is 0 Å². The van der Waals surface area contributed by atoms with Crippen molar-refractivity contribution in [2.24, 2.45) is 0 Å². The number of benzene rings is 2. The molecule has 1 saturated heterocycles. The maximum Gasteiger partial charge on any atom is 0.0998 e. The minimum atomic E-state index is 0.189. The van der Waals surface area contributed by atoms with E-state index < -0.39 is 0 Å². The topological polar surface area (TPSA) is 47.3 Å². The van der Waals surface area contributed by atoms with E-state index in [9.17, 15) is 10.4 Å². The molecule has 0 unspecified atom stereocenters. The summed E-state index contributed by atoms with van der Waals surface area (Å²) in [5.41, 5.74) is 1.84. The second kappa shape index (κ2) is 4.91. The van der Waals surface area contributed by atoms with Crippen molar-refractivity contribution in [1.29, 1.82) is 5.26 Å². The Hall–Kier alpha value is -2.05. The first-order chi connectivity index (χ1) is 9.35. The van der Waals surface area contributed by atoms with Gasteiger partial charge < -0.3 is 10.0 Å². The van der Waals surface area contributed by atoms with Gasteiger partial charge in [-0.15, -0.1) is 0 Å². The largest absolute Gasteiger partial charge is 0.394 e. The van der Waals surface area contributed by atoms with E-state index in [0.717, 1.165) is 35.8 Å². The van der Waals surface area contributed by atoms with Gasteiger partial charge in [0, 0.05) is 23.0 Å². The quantitative estimate of drug-likeness (QED) is 0.893. The van der Waals surface area contributed by atoms with E-state index in [2.05, 4.69) is 17.0 Å². The molecule has 19 heavy (non-hydrogen) atoms. The fraction of sp³-hybridized carbons (Fsp3) is 0.312. The molecule has 0 spiro atoms. The van der Waals surface area contributed by atoms with Crippen molar-refractivity contribution < 1.29 is 5.11 Å². The second-order valence-electron chi connectivity index (χ2n) is 4.96. The highest BCUT2D eigenvalue weighted by molar-refractivity contribution is 5.98. The molecule has 3 heteroatoms. The molecular weight excluding hydrogens is 236 g/mol. The van der Waals surface area contributed by atoms with Gasteiger partial charge in [0.1, 0.15) is 0 Å². The summed E-state index contributed by atoms with van der Waals surface area (Å²) in [6.07, 6.45) is 2.14. The van der Waals surface area contributed by atoms with E-state index in [-0.39, 0.29) is 12.6 Å². The van der Waals surface area contributed by atoms with Crippen LogP contribution in [0.4, 0.5) is 5.69 Å². The number of hydrogen-bond donors (Lipinski definition) is 1. The number of rotatable bonds is 2. The van der Waals surface area contributed by atoms with Crippen LogP contribution in [0.3, 0.4) is 0 Å². The van der Waals surface area contributed by atoms with Crippen LogP contribution in [-0.4, -0.2) is 24.3 Å². The Labute approximate surface area is 112 Å². The molecule has 0 aliphatic carbocycles. The first kappa shape index (κ1) is 12.0. The summed E-state index contributed by atoms with van der Waals surface area (Å²) in [5, 5.41) is 20.8. The molecule has 1 aliphatic heterocycles. The minimum Gasteiger partial charge on any atom is -0.394 e. The summed E-state index contributed by atoms with van der Waals surface area (Å²) in [6.45, 7) is 1.16. The molecule has 3 rings (SSSR count). The van der Waals surface area contributed by atoms with Crippen LogP contribution in [-0.2, 0) is 0 Å². The van der Waals surface area contributed by atoms with Gasteiger partial charge in [0.05, 0.1) is 24.3 Å². The molecule has 2 aromatic rings. The normalized spacial score (nSPS) is 18.7. The van der Waals surface area contributed by atoms with Crippen LogP contribution >= 0.6 is 0 Å². The number of anilines is 1. The monoisotopic (exact) mass is 252 g/mol. The van der Waals surface area contributed by atoms with Crippen LogP contribution in [0.15, 0.2) is 36.4 Å². The van der Waals surface area contributed by atoms with Gasteiger partial charge in [-0.2, -0.15) is 5.26 Å².